The minimum Gasteiger partial charge on any atom is -0.508 e. The molecule has 22 heavy (non-hydrogen) atoms. The SMILES string of the molecule is CCC=CC=C(C)CCN(C)CCOCc1ccc(O)cc1. The van der Waals surface area contributed by atoms with Gasteiger partial charge in [0.1, 0.15) is 5.75 Å². The molecule has 122 valence electrons. The third-order valence-electron chi connectivity index (χ3n) is 3.46. The molecule has 0 saturated carbocycles. The number of allylic oxidation sites excluding steroid dienone is 3. The van der Waals surface area contributed by atoms with Crippen LogP contribution in [-0.4, -0.2) is 36.8 Å². The van der Waals surface area contributed by atoms with Crippen LogP contribution in [0.3, 0.4) is 0 Å². The summed E-state index contributed by atoms with van der Waals surface area (Å²) in [7, 11) is 2.12. The number of hydrogen-bond donors (Lipinski definition) is 1. The van der Waals surface area contributed by atoms with Crippen LogP contribution in [0.25, 0.3) is 0 Å². The van der Waals surface area contributed by atoms with Gasteiger partial charge >= 0.3 is 0 Å². The van der Waals surface area contributed by atoms with Crippen LogP contribution in [-0.2, 0) is 11.3 Å². The van der Waals surface area contributed by atoms with Crippen molar-refractivity contribution in [2.45, 2.75) is 33.3 Å². The number of aromatic hydroxyl groups is 1. The highest BCUT2D eigenvalue weighted by Gasteiger charge is 1.99. The largest absolute Gasteiger partial charge is 0.508 e. The Hall–Kier alpha value is -1.58. The predicted molar refractivity (Wildman–Crippen MR) is 93.1 cm³/mol. The summed E-state index contributed by atoms with van der Waals surface area (Å²) < 4.78 is 5.67. The Kier molecular flexibility index (Phi) is 9.28. The third kappa shape index (κ3) is 8.65. The van der Waals surface area contributed by atoms with Gasteiger partial charge in [0.25, 0.3) is 0 Å². The molecule has 0 fully saturated rings. The molecular formula is C19H29NO2. The van der Waals surface area contributed by atoms with Gasteiger partial charge in [-0.2, -0.15) is 0 Å². The van der Waals surface area contributed by atoms with E-state index in [1.54, 1.807) is 12.1 Å². The van der Waals surface area contributed by atoms with Crippen LogP contribution in [0.15, 0.2) is 48.1 Å². The molecule has 0 aromatic heterocycles. The Morgan fingerprint density at radius 2 is 1.95 bits per heavy atom. The zero-order chi connectivity index (χ0) is 16.2. The van der Waals surface area contributed by atoms with E-state index in [1.165, 1.54) is 5.57 Å². The lowest BCUT2D eigenvalue weighted by molar-refractivity contribution is 0.0999. The quantitative estimate of drug-likeness (QED) is 0.521. The van der Waals surface area contributed by atoms with Gasteiger partial charge in [-0.25, -0.2) is 0 Å². The molecule has 0 atom stereocenters. The molecule has 0 unspecified atom stereocenters. The van der Waals surface area contributed by atoms with E-state index >= 15 is 0 Å². The highest BCUT2D eigenvalue weighted by molar-refractivity contribution is 5.25. The van der Waals surface area contributed by atoms with Crippen molar-refractivity contribution in [1.82, 2.24) is 4.90 Å². The second-order valence-electron chi connectivity index (χ2n) is 5.62. The van der Waals surface area contributed by atoms with Crippen molar-refractivity contribution in [2.75, 3.05) is 26.7 Å². The molecule has 0 aliphatic carbocycles. The summed E-state index contributed by atoms with van der Waals surface area (Å²) in [6, 6.07) is 7.15. The smallest absolute Gasteiger partial charge is 0.115 e. The monoisotopic (exact) mass is 303 g/mol. The van der Waals surface area contributed by atoms with Crippen LogP contribution >= 0.6 is 0 Å². The highest BCUT2D eigenvalue weighted by atomic mass is 16.5. The highest BCUT2D eigenvalue weighted by Crippen LogP contribution is 2.10. The van der Waals surface area contributed by atoms with Gasteiger partial charge in [-0.3, -0.25) is 0 Å². The average molecular weight is 303 g/mol. The number of phenolic OH excluding ortho intramolecular Hbond substituents is 1. The first-order valence-corrected chi connectivity index (χ1v) is 7.98. The van der Waals surface area contributed by atoms with Crippen LogP contribution < -0.4 is 0 Å². The fourth-order valence-electron chi connectivity index (χ4n) is 1.93. The molecule has 3 nitrogen and oxygen atoms in total. The van der Waals surface area contributed by atoms with E-state index < -0.39 is 0 Å². The topological polar surface area (TPSA) is 32.7 Å². The summed E-state index contributed by atoms with van der Waals surface area (Å²) in [5, 5.41) is 9.22. The van der Waals surface area contributed by atoms with Gasteiger partial charge in [-0.05, 0) is 44.5 Å². The molecule has 1 rings (SSSR count). The van der Waals surface area contributed by atoms with Gasteiger partial charge in [0.2, 0.25) is 0 Å². The van der Waals surface area contributed by atoms with E-state index in [4.69, 9.17) is 4.74 Å². The third-order valence-corrected chi connectivity index (χ3v) is 3.46. The van der Waals surface area contributed by atoms with Crippen LogP contribution in [0.4, 0.5) is 0 Å². The Bertz CT molecular complexity index is 463. The fraction of sp³-hybridized carbons (Fsp3) is 0.474. The summed E-state index contributed by atoms with van der Waals surface area (Å²) in [5.74, 6) is 0.292. The molecular weight excluding hydrogens is 274 g/mol. The molecule has 1 N–H and O–H groups in total. The second-order valence-corrected chi connectivity index (χ2v) is 5.62. The minimum absolute atomic E-state index is 0.292. The Morgan fingerprint density at radius 1 is 1.23 bits per heavy atom. The van der Waals surface area contributed by atoms with Crippen LogP contribution in [0.5, 0.6) is 5.75 Å². The molecule has 1 aromatic carbocycles. The van der Waals surface area contributed by atoms with Crippen LogP contribution in [0, 0.1) is 0 Å². The second kappa shape index (κ2) is 11.0. The van der Waals surface area contributed by atoms with Crippen molar-refractivity contribution in [3.8, 4) is 5.75 Å². The molecule has 0 bridgehead atoms. The fourth-order valence-corrected chi connectivity index (χ4v) is 1.93. The number of nitrogens with zero attached hydrogens (tertiary/aromatic N) is 1. The zero-order valence-electron chi connectivity index (χ0n) is 14.1. The van der Waals surface area contributed by atoms with E-state index in [0.717, 1.165) is 38.1 Å². The van der Waals surface area contributed by atoms with E-state index in [2.05, 4.69) is 44.0 Å². The van der Waals surface area contributed by atoms with Gasteiger partial charge < -0.3 is 14.7 Å². The number of likely N-dealkylation sites (N-methyl/N-ethyl adjacent to an activating group) is 1. The van der Waals surface area contributed by atoms with Crippen LogP contribution in [0.2, 0.25) is 0 Å². The molecule has 0 heterocycles. The van der Waals surface area contributed by atoms with Gasteiger partial charge in [0, 0.05) is 13.1 Å². The summed E-state index contributed by atoms with van der Waals surface area (Å²) in [6.45, 7) is 7.60. The number of rotatable bonds is 10. The maximum atomic E-state index is 9.22. The van der Waals surface area contributed by atoms with Crippen molar-refractivity contribution >= 4 is 0 Å². The lowest BCUT2D eigenvalue weighted by Crippen LogP contribution is -2.24. The van der Waals surface area contributed by atoms with Crippen molar-refractivity contribution < 1.29 is 9.84 Å². The molecule has 0 spiro atoms. The Balaban J connectivity index is 2.12. The first kappa shape index (κ1) is 18.5. The normalized spacial score (nSPS) is 12.5. The van der Waals surface area contributed by atoms with E-state index in [0.29, 0.717) is 12.4 Å². The van der Waals surface area contributed by atoms with E-state index in [9.17, 15) is 5.11 Å². The van der Waals surface area contributed by atoms with E-state index in [-0.39, 0.29) is 0 Å². The zero-order valence-corrected chi connectivity index (χ0v) is 14.1. The van der Waals surface area contributed by atoms with Crippen molar-refractivity contribution in [3.05, 3.63) is 53.6 Å². The number of phenols is 1. The molecule has 1 aromatic rings. The molecule has 0 radical (unpaired) electrons. The lowest BCUT2D eigenvalue weighted by Gasteiger charge is -2.16. The maximum Gasteiger partial charge on any atom is 0.115 e. The molecule has 0 amide bonds. The average Bonchev–Trinajstić information content (AvgIpc) is 2.51. The van der Waals surface area contributed by atoms with Crippen molar-refractivity contribution in [2.24, 2.45) is 0 Å². The standard InChI is InChI=1S/C19H29NO2/c1-4-5-6-7-17(2)12-13-20(3)14-15-22-16-18-8-10-19(21)11-9-18/h5-11,21H,4,12-16H2,1-3H3. The number of hydrogen-bond acceptors (Lipinski definition) is 3. The van der Waals surface area contributed by atoms with Crippen LogP contribution in [0.1, 0.15) is 32.3 Å². The first-order chi connectivity index (χ1) is 10.6. The predicted octanol–water partition coefficient (Wildman–Crippen LogP) is 4.14. The first-order valence-electron chi connectivity index (χ1n) is 7.98. The molecule has 0 aliphatic rings. The number of benzene rings is 1. The summed E-state index contributed by atoms with van der Waals surface area (Å²) >= 11 is 0. The summed E-state index contributed by atoms with van der Waals surface area (Å²) in [6.07, 6.45) is 8.67. The minimum atomic E-state index is 0.292. The summed E-state index contributed by atoms with van der Waals surface area (Å²) in [5.41, 5.74) is 2.49. The van der Waals surface area contributed by atoms with Crippen molar-refractivity contribution in [3.63, 3.8) is 0 Å². The van der Waals surface area contributed by atoms with E-state index in [1.807, 2.05) is 12.1 Å². The maximum absolute atomic E-state index is 9.22. The van der Waals surface area contributed by atoms with Gasteiger partial charge in [-0.1, -0.05) is 42.9 Å². The Labute approximate surface area is 134 Å². The Morgan fingerprint density at radius 3 is 2.64 bits per heavy atom. The summed E-state index contributed by atoms with van der Waals surface area (Å²) in [4.78, 5) is 2.29. The van der Waals surface area contributed by atoms with Gasteiger partial charge in [-0.15, -0.1) is 0 Å². The number of ether oxygens (including phenoxy) is 1. The molecule has 0 aliphatic heterocycles. The van der Waals surface area contributed by atoms with Gasteiger partial charge in [0.15, 0.2) is 0 Å². The molecule has 3 heteroatoms. The van der Waals surface area contributed by atoms with Gasteiger partial charge in [0.05, 0.1) is 13.2 Å². The van der Waals surface area contributed by atoms with Crippen molar-refractivity contribution in [1.29, 1.82) is 0 Å². The molecule has 0 saturated heterocycles. The lowest BCUT2D eigenvalue weighted by atomic mass is 10.2.